The number of methoxy groups -OCH3 is 1. The van der Waals surface area contributed by atoms with Crippen LogP contribution in [0, 0.1) is 13.8 Å². The highest BCUT2D eigenvalue weighted by Gasteiger charge is 2.23. The van der Waals surface area contributed by atoms with Gasteiger partial charge in [-0.2, -0.15) is 14.6 Å². The maximum Gasteiger partial charge on any atom is 0.254 e. The van der Waals surface area contributed by atoms with Crippen LogP contribution in [-0.4, -0.2) is 33.2 Å². The van der Waals surface area contributed by atoms with E-state index in [2.05, 4.69) is 39.0 Å². The summed E-state index contributed by atoms with van der Waals surface area (Å²) in [6.45, 7) is 5.88. The maximum absolute atomic E-state index is 5.50. The van der Waals surface area contributed by atoms with Gasteiger partial charge in [0.2, 0.25) is 0 Å². The van der Waals surface area contributed by atoms with Crippen molar-refractivity contribution >= 4 is 11.6 Å². The van der Waals surface area contributed by atoms with Crippen LogP contribution in [0.5, 0.6) is 5.75 Å². The molecule has 4 rings (SSSR count). The molecule has 3 aromatic rings. The number of hydrogen-bond acceptors (Lipinski definition) is 5. The average Bonchev–Trinajstić information content (AvgIpc) is 3.02. The number of rotatable bonds is 2. The predicted octanol–water partition coefficient (Wildman–Crippen LogP) is 2.31. The van der Waals surface area contributed by atoms with Crippen LogP contribution in [0.15, 0.2) is 24.5 Å². The van der Waals surface area contributed by atoms with Crippen molar-refractivity contribution < 1.29 is 4.74 Å². The van der Waals surface area contributed by atoms with Crippen molar-refractivity contribution in [1.82, 2.24) is 19.6 Å². The molecular weight excluding hydrogens is 290 g/mol. The highest BCUT2D eigenvalue weighted by Crippen LogP contribution is 2.32. The molecule has 6 nitrogen and oxygen atoms in total. The molecule has 1 aliphatic rings. The Kier molecular flexibility index (Phi) is 3.18. The van der Waals surface area contributed by atoms with Crippen molar-refractivity contribution in [2.75, 3.05) is 18.6 Å². The molecule has 3 heterocycles. The van der Waals surface area contributed by atoms with E-state index in [1.165, 1.54) is 11.1 Å². The van der Waals surface area contributed by atoms with Gasteiger partial charge in [-0.1, -0.05) is 12.1 Å². The Hall–Kier alpha value is -2.63. The molecular formula is C17H19N5O. The second-order valence-corrected chi connectivity index (χ2v) is 5.89. The van der Waals surface area contributed by atoms with Crippen molar-refractivity contribution in [2.45, 2.75) is 26.8 Å². The molecule has 2 aromatic heterocycles. The number of aromatic nitrogens is 4. The highest BCUT2D eigenvalue weighted by molar-refractivity contribution is 5.56. The van der Waals surface area contributed by atoms with Crippen molar-refractivity contribution in [3.63, 3.8) is 0 Å². The molecule has 0 amide bonds. The molecule has 0 fully saturated rings. The van der Waals surface area contributed by atoms with E-state index in [1.807, 2.05) is 17.5 Å². The molecule has 23 heavy (non-hydrogen) atoms. The fourth-order valence-corrected chi connectivity index (χ4v) is 3.33. The van der Waals surface area contributed by atoms with Crippen molar-refractivity contribution in [2.24, 2.45) is 0 Å². The molecule has 0 unspecified atom stereocenters. The molecule has 0 N–H and O–H groups in total. The first-order valence-electron chi connectivity index (χ1n) is 7.75. The Morgan fingerprint density at radius 3 is 2.91 bits per heavy atom. The van der Waals surface area contributed by atoms with Gasteiger partial charge in [0.1, 0.15) is 17.9 Å². The minimum absolute atomic E-state index is 0.652. The van der Waals surface area contributed by atoms with E-state index in [0.717, 1.165) is 42.3 Å². The number of aryl methyl sites for hydroxylation is 1. The minimum atomic E-state index is 0.652. The monoisotopic (exact) mass is 309 g/mol. The van der Waals surface area contributed by atoms with E-state index in [9.17, 15) is 0 Å². The van der Waals surface area contributed by atoms with Crippen LogP contribution < -0.4 is 9.64 Å². The Bertz CT molecular complexity index is 886. The summed E-state index contributed by atoms with van der Waals surface area (Å²) in [5, 5.41) is 4.36. The predicted molar refractivity (Wildman–Crippen MR) is 88.0 cm³/mol. The molecule has 1 aliphatic heterocycles. The Morgan fingerprint density at radius 2 is 2.09 bits per heavy atom. The second kappa shape index (κ2) is 5.22. The average molecular weight is 309 g/mol. The fraction of sp³-hybridized carbons (Fsp3) is 0.353. The first kappa shape index (κ1) is 14.0. The molecule has 118 valence electrons. The zero-order valence-electron chi connectivity index (χ0n) is 13.6. The number of nitrogens with zero attached hydrogens (tertiary/aromatic N) is 5. The van der Waals surface area contributed by atoms with Crippen LogP contribution >= 0.6 is 0 Å². The summed E-state index contributed by atoms with van der Waals surface area (Å²) >= 11 is 0. The topological polar surface area (TPSA) is 55.5 Å². The summed E-state index contributed by atoms with van der Waals surface area (Å²) in [6.07, 6.45) is 2.52. The lowest BCUT2D eigenvalue weighted by molar-refractivity contribution is 0.407. The first-order chi connectivity index (χ1) is 11.2. The lowest BCUT2D eigenvalue weighted by Crippen LogP contribution is -2.33. The minimum Gasteiger partial charge on any atom is -0.496 e. The van der Waals surface area contributed by atoms with Crippen LogP contribution in [0.4, 0.5) is 5.82 Å². The number of benzene rings is 1. The number of anilines is 1. The molecule has 6 heteroatoms. The normalized spacial score (nSPS) is 14.1. The van der Waals surface area contributed by atoms with Gasteiger partial charge in [0.05, 0.1) is 7.11 Å². The van der Waals surface area contributed by atoms with E-state index >= 15 is 0 Å². The van der Waals surface area contributed by atoms with Gasteiger partial charge < -0.3 is 9.64 Å². The third-order valence-corrected chi connectivity index (χ3v) is 4.62. The first-order valence-corrected chi connectivity index (χ1v) is 7.75. The van der Waals surface area contributed by atoms with E-state index in [4.69, 9.17) is 4.74 Å². The molecule has 0 saturated heterocycles. The van der Waals surface area contributed by atoms with Gasteiger partial charge in [0, 0.05) is 29.9 Å². The number of fused-ring (bicyclic) bond motifs is 2. The smallest absolute Gasteiger partial charge is 0.254 e. The van der Waals surface area contributed by atoms with Crippen LogP contribution in [-0.2, 0) is 13.0 Å². The molecule has 0 bridgehead atoms. The molecule has 0 saturated carbocycles. The van der Waals surface area contributed by atoms with Gasteiger partial charge in [-0.15, -0.1) is 0 Å². The van der Waals surface area contributed by atoms with E-state index in [1.54, 1.807) is 13.4 Å². The Morgan fingerprint density at radius 1 is 1.22 bits per heavy atom. The lowest BCUT2D eigenvalue weighted by atomic mass is 9.98. The molecule has 0 atom stereocenters. The third-order valence-electron chi connectivity index (χ3n) is 4.62. The Labute approximate surface area is 134 Å². The summed E-state index contributed by atoms with van der Waals surface area (Å²) in [5.41, 5.74) is 4.76. The standard InChI is InChI=1S/C17H19N5O/c1-11-12(2)20-17-18-10-19-22(17)16(11)21-8-7-14-13(9-21)5-4-6-15(14)23-3/h4-6,10H,7-9H2,1-3H3. The van der Waals surface area contributed by atoms with E-state index in [0.29, 0.717) is 5.78 Å². The maximum atomic E-state index is 5.50. The van der Waals surface area contributed by atoms with E-state index < -0.39 is 0 Å². The lowest BCUT2D eigenvalue weighted by Gasteiger charge is -2.32. The summed E-state index contributed by atoms with van der Waals surface area (Å²) < 4.78 is 7.34. The highest BCUT2D eigenvalue weighted by atomic mass is 16.5. The van der Waals surface area contributed by atoms with Crippen LogP contribution in [0.1, 0.15) is 22.4 Å². The van der Waals surface area contributed by atoms with Crippen LogP contribution in [0.2, 0.25) is 0 Å². The van der Waals surface area contributed by atoms with Crippen LogP contribution in [0.25, 0.3) is 5.78 Å². The molecule has 0 radical (unpaired) electrons. The fourth-order valence-electron chi connectivity index (χ4n) is 3.33. The zero-order valence-corrected chi connectivity index (χ0v) is 13.6. The van der Waals surface area contributed by atoms with Gasteiger partial charge >= 0.3 is 0 Å². The van der Waals surface area contributed by atoms with Gasteiger partial charge in [-0.05, 0) is 31.9 Å². The van der Waals surface area contributed by atoms with Crippen molar-refractivity contribution in [3.8, 4) is 5.75 Å². The summed E-state index contributed by atoms with van der Waals surface area (Å²) in [4.78, 5) is 11.1. The van der Waals surface area contributed by atoms with Crippen LogP contribution in [0.3, 0.4) is 0 Å². The quantitative estimate of drug-likeness (QED) is 0.727. The molecule has 0 aliphatic carbocycles. The summed E-state index contributed by atoms with van der Waals surface area (Å²) in [5.74, 6) is 2.72. The molecule has 1 aromatic carbocycles. The Balaban J connectivity index is 1.81. The second-order valence-electron chi connectivity index (χ2n) is 5.89. The SMILES string of the molecule is COc1cccc2c1CCN(c1c(C)c(C)nc3ncnn13)C2. The summed E-state index contributed by atoms with van der Waals surface area (Å²) in [7, 11) is 1.73. The summed E-state index contributed by atoms with van der Waals surface area (Å²) in [6, 6.07) is 6.26. The van der Waals surface area contributed by atoms with Gasteiger partial charge in [-0.3, -0.25) is 0 Å². The zero-order chi connectivity index (χ0) is 16.0. The van der Waals surface area contributed by atoms with Gasteiger partial charge in [-0.25, -0.2) is 4.98 Å². The van der Waals surface area contributed by atoms with Crippen molar-refractivity contribution in [3.05, 3.63) is 46.9 Å². The third kappa shape index (κ3) is 2.13. The van der Waals surface area contributed by atoms with Crippen molar-refractivity contribution in [1.29, 1.82) is 0 Å². The van der Waals surface area contributed by atoms with E-state index in [-0.39, 0.29) is 0 Å². The number of ether oxygens (including phenoxy) is 1. The van der Waals surface area contributed by atoms with Gasteiger partial charge in [0.15, 0.2) is 0 Å². The largest absolute Gasteiger partial charge is 0.496 e. The number of hydrogen-bond donors (Lipinski definition) is 0. The van der Waals surface area contributed by atoms with Gasteiger partial charge in [0.25, 0.3) is 5.78 Å². The molecule has 0 spiro atoms.